The number of ether oxygens (including phenoxy) is 1. The number of aryl methyl sites for hydroxylation is 1. The summed E-state index contributed by atoms with van der Waals surface area (Å²) < 4.78 is 5.68. The second-order valence-corrected chi connectivity index (χ2v) is 8.87. The average molecular weight is 429 g/mol. The minimum atomic E-state index is 0.0322. The molecule has 2 N–H and O–H groups in total. The molecule has 2 aliphatic heterocycles. The smallest absolute Gasteiger partial charge is 0.222 e. The zero-order chi connectivity index (χ0) is 21.9. The maximum absolute atomic E-state index is 12.2. The highest BCUT2D eigenvalue weighted by atomic mass is 16.5. The number of aliphatic imine (C=N–C) groups is 1. The lowest BCUT2D eigenvalue weighted by atomic mass is 9.72. The zero-order valence-electron chi connectivity index (χ0n) is 19.4. The average Bonchev–Trinajstić information content (AvgIpc) is 3.00. The summed E-state index contributed by atoms with van der Waals surface area (Å²) in [5.74, 6) is 1.18. The molecule has 0 spiro atoms. The monoisotopic (exact) mass is 428 g/mol. The third kappa shape index (κ3) is 6.70. The molecule has 0 aromatic heterocycles. The Morgan fingerprint density at radius 1 is 1.16 bits per heavy atom. The lowest BCUT2D eigenvalue weighted by Crippen LogP contribution is -2.42. The normalized spacial score (nSPS) is 19.7. The van der Waals surface area contributed by atoms with Crippen LogP contribution >= 0.6 is 0 Å². The Hall–Kier alpha value is -2.08. The molecule has 172 valence electrons. The summed E-state index contributed by atoms with van der Waals surface area (Å²) >= 11 is 0. The van der Waals surface area contributed by atoms with E-state index < -0.39 is 0 Å². The van der Waals surface area contributed by atoms with Crippen LogP contribution in [0.1, 0.15) is 63.0 Å². The molecule has 0 saturated carbocycles. The van der Waals surface area contributed by atoms with Crippen LogP contribution in [0.4, 0.5) is 0 Å². The summed E-state index contributed by atoms with van der Waals surface area (Å²) in [6, 6.07) is 8.70. The molecule has 2 saturated heterocycles. The van der Waals surface area contributed by atoms with Crippen molar-refractivity contribution in [3.8, 4) is 0 Å². The number of carbonyl (C=O) groups excluding carboxylic acids is 1. The topological polar surface area (TPSA) is 66.0 Å². The Labute approximate surface area is 187 Å². The second-order valence-electron chi connectivity index (χ2n) is 8.87. The van der Waals surface area contributed by atoms with Crippen molar-refractivity contribution < 1.29 is 9.53 Å². The number of guanidine groups is 1. The van der Waals surface area contributed by atoms with Crippen molar-refractivity contribution >= 4 is 11.9 Å². The van der Waals surface area contributed by atoms with Gasteiger partial charge in [-0.2, -0.15) is 0 Å². The summed E-state index contributed by atoms with van der Waals surface area (Å²) in [4.78, 5) is 19.2. The lowest BCUT2D eigenvalue weighted by Gasteiger charge is -2.37. The van der Waals surface area contributed by atoms with E-state index in [0.717, 1.165) is 84.0 Å². The zero-order valence-corrected chi connectivity index (χ0v) is 19.4. The van der Waals surface area contributed by atoms with Crippen molar-refractivity contribution in [1.82, 2.24) is 15.5 Å². The van der Waals surface area contributed by atoms with Crippen LogP contribution in [0.25, 0.3) is 0 Å². The Morgan fingerprint density at radius 2 is 1.97 bits per heavy atom. The molecule has 2 heterocycles. The van der Waals surface area contributed by atoms with Crippen LogP contribution in [-0.4, -0.2) is 62.7 Å². The Morgan fingerprint density at radius 3 is 2.74 bits per heavy atom. The summed E-state index contributed by atoms with van der Waals surface area (Å²) in [5.41, 5.74) is 2.77. The van der Waals surface area contributed by atoms with Gasteiger partial charge in [0.1, 0.15) is 0 Å². The number of carbonyl (C=O) groups is 1. The fraction of sp³-hybridized carbons (Fsp3) is 0.680. The van der Waals surface area contributed by atoms with Crippen LogP contribution in [0.5, 0.6) is 0 Å². The van der Waals surface area contributed by atoms with Crippen molar-refractivity contribution in [2.24, 2.45) is 4.99 Å². The van der Waals surface area contributed by atoms with Crippen LogP contribution in [0.15, 0.2) is 29.3 Å². The van der Waals surface area contributed by atoms with Gasteiger partial charge >= 0.3 is 0 Å². The van der Waals surface area contributed by atoms with Crippen LogP contribution in [0.3, 0.4) is 0 Å². The molecule has 0 atom stereocenters. The molecule has 0 radical (unpaired) electrons. The summed E-state index contributed by atoms with van der Waals surface area (Å²) in [7, 11) is 0. The van der Waals surface area contributed by atoms with Gasteiger partial charge in [0, 0.05) is 51.2 Å². The molecule has 0 unspecified atom stereocenters. The predicted octanol–water partition coefficient (Wildman–Crippen LogP) is 3.39. The number of rotatable bonds is 8. The molecular formula is C25H40N4O2. The first kappa shape index (κ1) is 23.6. The molecule has 6 nitrogen and oxygen atoms in total. The van der Waals surface area contributed by atoms with Crippen molar-refractivity contribution in [3.05, 3.63) is 35.4 Å². The van der Waals surface area contributed by atoms with Gasteiger partial charge in [-0.3, -0.25) is 9.79 Å². The standard InChI is InChI=1S/C25H40N4O2/c1-3-26-24(27-15-9-17-29-16-8-4-5-12-23(29)30)28-20-25(13-18-31-19-14-25)22-11-7-6-10-21(22)2/h6-7,10-11H,3-5,8-9,12-20H2,1-2H3,(H2,26,27,28). The van der Waals surface area contributed by atoms with Crippen LogP contribution < -0.4 is 10.6 Å². The third-order valence-corrected chi connectivity index (χ3v) is 6.62. The fourth-order valence-electron chi connectivity index (χ4n) is 4.77. The van der Waals surface area contributed by atoms with E-state index in [0.29, 0.717) is 12.3 Å². The summed E-state index contributed by atoms with van der Waals surface area (Å²) in [6.45, 7) is 10.0. The molecule has 0 bridgehead atoms. The largest absolute Gasteiger partial charge is 0.381 e. The lowest BCUT2D eigenvalue weighted by molar-refractivity contribution is -0.130. The van der Waals surface area contributed by atoms with Gasteiger partial charge in [-0.15, -0.1) is 0 Å². The molecule has 1 amide bonds. The molecule has 6 heteroatoms. The van der Waals surface area contributed by atoms with E-state index in [1.807, 2.05) is 4.90 Å². The molecule has 31 heavy (non-hydrogen) atoms. The highest BCUT2D eigenvalue weighted by Crippen LogP contribution is 2.37. The van der Waals surface area contributed by atoms with Gasteiger partial charge in [0.05, 0.1) is 6.54 Å². The van der Waals surface area contributed by atoms with Crippen molar-refractivity contribution in [2.45, 2.75) is 64.2 Å². The Kier molecular flexibility index (Phi) is 9.19. The predicted molar refractivity (Wildman–Crippen MR) is 127 cm³/mol. The highest BCUT2D eigenvalue weighted by Gasteiger charge is 2.35. The molecule has 1 aromatic carbocycles. The summed E-state index contributed by atoms with van der Waals surface area (Å²) in [5, 5.41) is 6.87. The number of nitrogens with zero attached hydrogens (tertiary/aromatic N) is 2. The molecule has 1 aromatic rings. The molecule has 3 rings (SSSR count). The Bertz CT molecular complexity index is 728. The van der Waals surface area contributed by atoms with Crippen LogP contribution in [-0.2, 0) is 14.9 Å². The van der Waals surface area contributed by atoms with Crippen molar-refractivity contribution in [1.29, 1.82) is 0 Å². The van der Waals surface area contributed by atoms with Gasteiger partial charge in [0.25, 0.3) is 0 Å². The number of nitrogens with one attached hydrogen (secondary N) is 2. The maximum atomic E-state index is 12.2. The Balaban J connectivity index is 1.59. The fourth-order valence-corrected chi connectivity index (χ4v) is 4.77. The van der Waals surface area contributed by atoms with Gasteiger partial charge in [0.2, 0.25) is 5.91 Å². The van der Waals surface area contributed by atoms with Gasteiger partial charge < -0.3 is 20.3 Å². The van der Waals surface area contributed by atoms with Gasteiger partial charge in [0.15, 0.2) is 5.96 Å². The molecule has 2 aliphatic rings. The van der Waals surface area contributed by atoms with E-state index >= 15 is 0 Å². The number of hydrogen-bond donors (Lipinski definition) is 2. The first-order chi connectivity index (χ1) is 15.1. The van der Waals surface area contributed by atoms with E-state index in [1.165, 1.54) is 17.5 Å². The number of benzene rings is 1. The van der Waals surface area contributed by atoms with E-state index in [2.05, 4.69) is 48.7 Å². The van der Waals surface area contributed by atoms with Crippen molar-refractivity contribution in [2.75, 3.05) is 45.9 Å². The molecular weight excluding hydrogens is 388 g/mol. The quantitative estimate of drug-likeness (QED) is 0.378. The van der Waals surface area contributed by atoms with Crippen LogP contribution in [0, 0.1) is 6.92 Å². The van der Waals surface area contributed by atoms with E-state index in [-0.39, 0.29) is 5.41 Å². The maximum Gasteiger partial charge on any atom is 0.222 e. The minimum absolute atomic E-state index is 0.0322. The van der Waals surface area contributed by atoms with E-state index in [4.69, 9.17) is 9.73 Å². The number of hydrogen-bond acceptors (Lipinski definition) is 3. The first-order valence-electron chi connectivity index (χ1n) is 12.1. The number of amides is 1. The van der Waals surface area contributed by atoms with Gasteiger partial charge in [-0.25, -0.2) is 0 Å². The minimum Gasteiger partial charge on any atom is -0.381 e. The van der Waals surface area contributed by atoms with Gasteiger partial charge in [-0.05, 0) is 57.1 Å². The SMILES string of the molecule is CCNC(=NCC1(c2ccccc2C)CCOCC1)NCCCN1CCCCCC1=O. The van der Waals surface area contributed by atoms with E-state index in [1.54, 1.807) is 0 Å². The summed E-state index contributed by atoms with van der Waals surface area (Å²) in [6.07, 6.45) is 6.99. The third-order valence-electron chi connectivity index (χ3n) is 6.62. The van der Waals surface area contributed by atoms with Gasteiger partial charge in [-0.1, -0.05) is 30.7 Å². The van der Waals surface area contributed by atoms with E-state index in [9.17, 15) is 4.79 Å². The molecule has 2 fully saturated rings. The van der Waals surface area contributed by atoms with Crippen LogP contribution in [0.2, 0.25) is 0 Å². The first-order valence-corrected chi connectivity index (χ1v) is 12.1. The number of likely N-dealkylation sites (tertiary alicyclic amines) is 1. The second kappa shape index (κ2) is 12.1. The molecule has 0 aliphatic carbocycles. The highest BCUT2D eigenvalue weighted by molar-refractivity contribution is 5.79. The van der Waals surface area contributed by atoms with Crippen molar-refractivity contribution in [3.63, 3.8) is 0 Å².